The standard InChI is InChI=1S/C14H14FN3O/c1-9-3-2-4-11(18-9)8-17-14(19)12-6-5-10(16)7-13(12)15/h2-7H,8,16H2,1H3,(H,17,19). The van der Waals surface area contributed by atoms with Crippen molar-refractivity contribution in [2.24, 2.45) is 0 Å². The topological polar surface area (TPSA) is 68.0 Å². The van der Waals surface area contributed by atoms with E-state index < -0.39 is 11.7 Å². The molecule has 0 unspecified atom stereocenters. The van der Waals surface area contributed by atoms with Crippen molar-refractivity contribution in [3.05, 3.63) is 59.2 Å². The molecule has 0 aliphatic carbocycles. The van der Waals surface area contributed by atoms with E-state index in [1.807, 2.05) is 19.1 Å². The van der Waals surface area contributed by atoms with Crippen LogP contribution in [0.15, 0.2) is 36.4 Å². The van der Waals surface area contributed by atoms with Crippen LogP contribution in [0.5, 0.6) is 0 Å². The Balaban J connectivity index is 2.05. The predicted octanol–water partition coefficient (Wildman–Crippen LogP) is 2.04. The van der Waals surface area contributed by atoms with Crippen LogP contribution in [-0.2, 0) is 6.54 Å². The molecule has 0 aliphatic rings. The first-order valence-corrected chi connectivity index (χ1v) is 5.82. The minimum Gasteiger partial charge on any atom is -0.399 e. The summed E-state index contributed by atoms with van der Waals surface area (Å²) in [6.07, 6.45) is 0. The van der Waals surface area contributed by atoms with Crippen LogP contribution in [0.4, 0.5) is 10.1 Å². The van der Waals surface area contributed by atoms with E-state index in [0.717, 1.165) is 17.5 Å². The molecule has 0 saturated carbocycles. The Hall–Kier alpha value is -2.43. The van der Waals surface area contributed by atoms with Gasteiger partial charge in [-0.15, -0.1) is 0 Å². The van der Waals surface area contributed by atoms with Crippen LogP contribution in [0.3, 0.4) is 0 Å². The molecule has 2 aromatic rings. The van der Waals surface area contributed by atoms with Gasteiger partial charge in [-0.25, -0.2) is 4.39 Å². The van der Waals surface area contributed by atoms with Crippen LogP contribution in [0.2, 0.25) is 0 Å². The lowest BCUT2D eigenvalue weighted by Crippen LogP contribution is -2.24. The lowest BCUT2D eigenvalue weighted by molar-refractivity contribution is 0.0946. The summed E-state index contributed by atoms with van der Waals surface area (Å²) in [6, 6.07) is 9.50. The predicted molar refractivity (Wildman–Crippen MR) is 71.0 cm³/mol. The van der Waals surface area contributed by atoms with Gasteiger partial charge in [0.2, 0.25) is 0 Å². The molecule has 0 atom stereocenters. The summed E-state index contributed by atoms with van der Waals surface area (Å²) in [7, 11) is 0. The highest BCUT2D eigenvalue weighted by atomic mass is 19.1. The number of hydrogen-bond acceptors (Lipinski definition) is 3. The van der Waals surface area contributed by atoms with Gasteiger partial charge < -0.3 is 11.1 Å². The zero-order chi connectivity index (χ0) is 13.8. The maximum absolute atomic E-state index is 13.5. The van der Waals surface area contributed by atoms with E-state index in [1.165, 1.54) is 12.1 Å². The maximum Gasteiger partial charge on any atom is 0.254 e. The number of halogens is 1. The quantitative estimate of drug-likeness (QED) is 0.829. The van der Waals surface area contributed by atoms with Crippen LogP contribution in [0.25, 0.3) is 0 Å². The Bertz CT molecular complexity index is 613. The van der Waals surface area contributed by atoms with Crippen LogP contribution in [0.1, 0.15) is 21.7 Å². The maximum atomic E-state index is 13.5. The van der Waals surface area contributed by atoms with Crippen LogP contribution >= 0.6 is 0 Å². The molecule has 0 spiro atoms. The molecule has 98 valence electrons. The minimum atomic E-state index is -0.630. The molecular weight excluding hydrogens is 245 g/mol. The molecule has 1 aromatic heterocycles. The van der Waals surface area contributed by atoms with Gasteiger partial charge in [-0.3, -0.25) is 9.78 Å². The number of carbonyl (C=O) groups is 1. The van der Waals surface area contributed by atoms with E-state index in [0.29, 0.717) is 0 Å². The van der Waals surface area contributed by atoms with Crippen molar-refractivity contribution in [3.8, 4) is 0 Å². The third-order valence-electron chi connectivity index (χ3n) is 2.61. The van der Waals surface area contributed by atoms with E-state index in [-0.39, 0.29) is 17.8 Å². The first kappa shape index (κ1) is 13.0. The summed E-state index contributed by atoms with van der Waals surface area (Å²) in [4.78, 5) is 16.1. The van der Waals surface area contributed by atoms with Crippen LogP contribution in [0, 0.1) is 12.7 Å². The number of pyridine rings is 1. The molecule has 1 heterocycles. The number of nitrogens with zero attached hydrogens (tertiary/aromatic N) is 1. The number of benzene rings is 1. The van der Waals surface area contributed by atoms with Crippen molar-refractivity contribution < 1.29 is 9.18 Å². The highest BCUT2D eigenvalue weighted by Gasteiger charge is 2.11. The number of aromatic nitrogens is 1. The van der Waals surface area contributed by atoms with Crippen LogP contribution < -0.4 is 11.1 Å². The monoisotopic (exact) mass is 259 g/mol. The molecule has 1 aromatic carbocycles. The Labute approximate surface area is 110 Å². The fourth-order valence-electron chi connectivity index (χ4n) is 1.68. The largest absolute Gasteiger partial charge is 0.399 e. The van der Waals surface area contributed by atoms with Gasteiger partial charge in [0.15, 0.2) is 0 Å². The first-order chi connectivity index (χ1) is 9.06. The molecule has 0 aliphatic heterocycles. The van der Waals surface area contributed by atoms with E-state index in [9.17, 15) is 9.18 Å². The van der Waals surface area contributed by atoms with Crippen molar-refractivity contribution in [1.29, 1.82) is 0 Å². The number of amides is 1. The van der Waals surface area contributed by atoms with Crippen molar-refractivity contribution in [2.75, 3.05) is 5.73 Å². The zero-order valence-corrected chi connectivity index (χ0v) is 10.5. The van der Waals surface area contributed by atoms with Gasteiger partial charge >= 0.3 is 0 Å². The second-order valence-electron chi connectivity index (χ2n) is 4.19. The average molecular weight is 259 g/mol. The van der Waals surface area contributed by atoms with Crippen molar-refractivity contribution >= 4 is 11.6 Å². The molecule has 4 nitrogen and oxygen atoms in total. The Morgan fingerprint density at radius 3 is 2.84 bits per heavy atom. The number of aryl methyl sites for hydroxylation is 1. The Morgan fingerprint density at radius 1 is 1.37 bits per heavy atom. The van der Waals surface area contributed by atoms with Gasteiger partial charge in [0, 0.05) is 11.4 Å². The van der Waals surface area contributed by atoms with Gasteiger partial charge in [-0.05, 0) is 37.3 Å². The Kier molecular flexibility index (Phi) is 3.75. The average Bonchev–Trinajstić information content (AvgIpc) is 2.36. The molecule has 0 saturated heterocycles. The van der Waals surface area contributed by atoms with Gasteiger partial charge in [-0.2, -0.15) is 0 Å². The summed E-state index contributed by atoms with van der Waals surface area (Å²) >= 11 is 0. The summed E-state index contributed by atoms with van der Waals surface area (Å²) in [5, 5.41) is 2.62. The summed E-state index contributed by atoms with van der Waals surface area (Å²) in [5.41, 5.74) is 7.28. The number of carbonyl (C=O) groups excluding carboxylic acids is 1. The molecule has 2 rings (SSSR count). The van der Waals surface area contributed by atoms with E-state index in [2.05, 4.69) is 10.3 Å². The number of nitrogens with one attached hydrogen (secondary N) is 1. The van der Waals surface area contributed by atoms with Gasteiger partial charge in [0.1, 0.15) is 5.82 Å². The SMILES string of the molecule is Cc1cccc(CNC(=O)c2ccc(N)cc2F)n1. The number of nitrogens with two attached hydrogens (primary N) is 1. The molecule has 5 heteroatoms. The number of hydrogen-bond donors (Lipinski definition) is 2. The fraction of sp³-hybridized carbons (Fsp3) is 0.143. The second-order valence-corrected chi connectivity index (χ2v) is 4.19. The summed E-state index contributed by atoms with van der Waals surface area (Å²) in [5.74, 6) is -1.12. The third kappa shape index (κ3) is 3.28. The van der Waals surface area contributed by atoms with E-state index in [1.54, 1.807) is 6.07 Å². The second kappa shape index (κ2) is 5.48. The fourth-order valence-corrected chi connectivity index (χ4v) is 1.68. The molecular formula is C14H14FN3O. The lowest BCUT2D eigenvalue weighted by Gasteiger charge is -2.06. The van der Waals surface area contributed by atoms with Gasteiger partial charge in [0.25, 0.3) is 5.91 Å². The van der Waals surface area contributed by atoms with Gasteiger partial charge in [-0.1, -0.05) is 6.07 Å². The first-order valence-electron chi connectivity index (χ1n) is 5.82. The molecule has 3 N–H and O–H groups in total. The number of anilines is 1. The highest BCUT2D eigenvalue weighted by molar-refractivity contribution is 5.94. The molecule has 0 radical (unpaired) electrons. The van der Waals surface area contributed by atoms with Crippen molar-refractivity contribution in [3.63, 3.8) is 0 Å². The normalized spacial score (nSPS) is 10.2. The van der Waals surface area contributed by atoms with Crippen LogP contribution in [-0.4, -0.2) is 10.9 Å². The Morgan fingerprint density at radius 2 is 2.16 bits per heavy atom. The highest BCUT2D eigenvalue weighted by Crippen LogP contribution is 2.11. The smallest absolute Gasteiger partial charge is 0.254 e. The van der Waals surface area contributed by atoms with Crippen molar-refractivity contribution in [2.45, 2.75) is 13.5 Å². The van der Waals surface area contributed by atoms with Gasteiger partial charge in [0.05, 0.1) is 17.8 Å². The van der Waals surface area contributed by atoms with Crippen molar-refractivity contribution in [1.82, 2.24) is 10.3 Å². The molecule has 0 bridgehead atoms. The summed E-state index contributed by atoms with van der Waals surface area (Å²) < 4.78 is 13.5. The minimum absolute atomic E-state index is 0.0261. The van der Waals surface area contributed by atoms with E-state index >= 15 is 0 Å². The molecule has 1 amide bonds. The van der Waals surface area contributed by atoms with E-state index in [4.69, 9.17) is 5.73 Å². The number of rotatable bonds is 3. The molecule has 19 heavy (non-hydrogen) atoms. The zero-order valence-electron chi connectivity index (χ0n) is 10.5. The lowest BCUT2D eigenvalue weighted by atomic mass is 10.2. The number of nitrogen functional groups attached to an aromatic ring is 1. The molecule has 0 fully saturated rings. The summed E-state index contributed by atoms with van der Waals surface area (Å²) in [6.45, 7) is 2.12. The third-order valence-corrected chi connectivity index (χ3v) is 2.61.